The number of hydrogen-bond donors (Lipinski definition) is 1. The Kier molecular flexibility index (Phi) is 5.71. The smallest absolute Gasteiger partial charge is 0.106 e. The number of nitrogens with zero attached hydrogens (tertiary/aromatic N) is 2. The molecule has 0 aliphatic rings. The van der Waals surface area contributed by atoms with Crippen LogP contribution < -0.4 is 5.32 Å². The van der Waals surface area contributed by atoms with Crippen molar-refractivity contribution in [2.45, 2.75) is 12.6 Å². The quantitative estimate of drug-likeness (QED) is 0.822. The van der Waals surface area contributed by atoms with Gasteiger partial charge in [-0.25, -0.2) is 4.98 Å². The maximum absolute atomic E-state index is 4.43. The average Bonchev–Trinajstić information content (AvgIpc) is 2.44. The molecule has 0 fully saturated rings. The Morgan fingerprint density at radius 2 is 1.85 bits per heavy atom. The lowest BCUT2D eigenvalue weighted by atomic mass is 10.1. The fourth-order valence-electron chi connectivity index (χ4n) is 2.16. The van der Waals surface area contributed by atoms with Crippen LogP contribution in [0.15, 0.2) is 53.1 Å². The summed E-state index contributed by atoms with van der Waals surface area (Å²) >= 11 is 3.40. The molecule has 0 saturated carbocycles. The van der Waals surface area contributed by atoms with E-state index in [1.165, 1.54) is 5.56 Å². The van der Waals surface area contributed by atoms with Gasteiger partial charge in [0.1, 0.15) is 4.60 Å². The third-order valence-corrected chi connectivity index (χ3v) is 3.67. The van der Waals surface area contributed by atoms with Crippen molar-refractivity contribution in [3.63, 3.8) is 0 Å². The Hall–Kier alpha value is -1.23. The molecule has 1 unspecified atom stereocenters. The highest BCUT2D eigenvalue weighted by atomic mass is 79.9. The zero-order valence-electron chi connectivity index (χ0n) is 11.9. The zero-order valence-corrected chi connectivity index (χ0v) is 13.5. The lowest BCUT2D eigenvalue weighted by molar-refractivity contribution is 0.288. The molecule has 2 aromatic rings. The number of hydrogen-bond acceptors (Lipinski definition) is 3. The first-order valence-electron chi connectivity index (χ1n) is 6.70. The number of benzene rings is 1. The van der Waals surface area contributed by atoms with E-state index in [-0.39, 0.29) is 0 Å². The number of aromatic nitrogens is 1. The molecule has 2 rings (SSSR count). The third kappa shape index (κ3) is 4.40. The van der Waals surface area contributed by atoms with E-state index in [0.717, 1.165) is 23.4 Å². The van der Waals surface area contributed by atoms with Gasteiger partial charge in [0, 0.05) is 19.1 Å². The summed E-state index contributed by atoms with van der Waals surface area (Å²) in [6, 6.07) is 16.9. The molecule has 3 nitrogen and oxygen atoms in total. The topological polar surface area (TPSA) is 28.2 Å². The maximum Gasteiger partial charge on any atom is 0.106 e. The van der Waals surface area contributed by atoms with Crippen molar-refractivity contribution in [3.05, 3.63) is 64.4 Å². The van der Waals surface area contributed by atoms with E-state index in [4.69, 9.17) is 0 Å². The standard InChI is InChI=1S/C16H20BrN3/c1-20(2)15(13-7-4-3-5-8-13)12-18-11-14-9-6-10-16(17)19-14/h3-10,15,18H,11-12H2,1-2H3. The number of rotatable bonds is 6. The van der Waals surface area contributed by atoms with Crippen molar-refractivity contribution < 1.29 is 0 Å². The van der Waals surface area contributed by atoms with Gasteiger partial charge in [0.15, 0.2) is 0 Å². The van der Waals surface area contributed by atoms with E-state index in [0.29, 0.717) is 6.04 Å². The van der Waals surface area contributed by atoms with Crippen LogP contribution in [0.2, 0.25) is 0 Å². The second-order valence-corrected chi connectivity index (χ2v) is 5.79. The van der Waals surface area contributed by atoms with Gasteiger partial charge in [0.05, 0.1) is 5.69 Å². The molecule has 20 heavy (non-hydrogen) atoms. The molecular formula is C16H20BrN3. The van der Waals surface area contributed by atoms with Crippen LogP contribution in [0.3, 0.4) is 0 Å². The minimum Gasteiger partial charge on any atom is -0.309 e. The number of halogens is 1. The highest BCUT2D eigenvalue weighted by Crippen LogP contribution is 2.16. The lowest BCUT2D eigenvalue weighted by Gasteiger charge is -2.25. The predicted octanol–water partition coefficient (Wildman–Crippen LogP) is 3.24. The van der Waals surface area contributed by atoms with E-state index < -0.39 is 0 Å². The Balaban J connectivity index is 1.93. The predicted molar refractivity (Wildman–Crippen MR) is 86.5 cm³/mol. The first-order chi connectivity index (χ1) is 9.66. The van der Waals surface area contributed by atoms with E-state index in [9.17, 15) is 0 Å². The average molecular weight is 334 g/mol. The molecule has 0 aliphatic heterocycles. The summed E-state index contributed by atoms with van der Waals surface area (Å²) in [6.45, 7) is 1.67. The second-order valence-electron chi connectivity index (χ2n) is 4.97. The molecule has 0 amide bonds. The molecule has 1 aromatic carbocycles. The van der Waals surface area contributed by atoms with Gasteiger partial charge >= 0.3 is 0 Å². The fraction of sp³-hybridized carbons (Fsp3) is 0.312. The monoisotopic (exact) mass is 333 g/mol. The van der Waals surface area contributed by atoms with Crippen LogP contribution in [0.25, 0.3) is 0 Å². The van der Waals surface area contributed by atoms with Crippen LogP contribution in [-0.2, 0) is 6.54 Å². The molecule has 106 valence electrons. The van der Waals surface area contributed by atoms with Crippen LogP contribution in [0.5, 0.6) is 0 Å². The summed E-state index contributed by atoms with van der Waals surface area (Å²) < 4.78 is 0.879. The van der Waals surface area contributed by atoms with Crippen molar-refractivity contribution in [1.82, 2.24) is 15.2 Å². The number of pyridine rings is 1. The highest BCUT2D eigenvalue weighted by Gasteiger charge is 2.12. The van der Waals surface area contributed by atoms with Gasteiger partial charge in [0.2, 0.25) is 0 Å². The molecule has 0 spiro atoms. The van der Waals surface area contributed by atoms with Crippen LogP contribution in [-0.4, -0.2) is 30.5 Å². The number of nitrogens with one attached hydrogen (secondary N) is 1. The van der Waals surface area contributed by atoms with E-state index >= 15 is 0 Å². The molecule has 1 heterocycles. The minimum absolute atomic E-state index is 0.364. The molecule has 4 heteroatoms. The minimum atomic E-state index is 0.364. The SMILES string of the molecule is CN(C)C(CNCc1cccc(Br)n1)c1ccccc1. The maximum atomic E-state index is 4.43. The first-order valence-corrected chi connectivity index (χ1v) is 7.49. The Labute approximate surface area is 129 Å². The molecular weight excluding hydrogens is 314 g/mol. The van der Waals surface area contributed by atoms with Crippen molar-refractivity contribution in [3.8, 4) is 0 Å². The van der Waals surface area contributed by atoms with Gasteiger partial charge in [-0.15, -0.1) is 0 Å². The zero-order chi connectivity index (χ0) is 14.4. The van der Waals surface area contributed by atoms with Gasteiger partial charge < -0.3 is 10.2 Å². The molecule has 0 saturated heterocycles. The molecule has 1 N–H and O–H groups in total. The van der Waals surface area contributed by atoms with Crippen LogP contribution in [0.4, 0.5) is 0 Å². The van der Waals surface area contributed by atoms with Crippen LogP contribution in [0.1, 0.15) is 17.3 Å². The fourth-order valence-corrected chi connectivity index (χ4v) is 2.54. The Morgan fingerprint density at radius 1 is 1.10 bits per heavy atom. The summed E-state index contributed by atoms with van der Waals surface area (Å²) in [5, 5.41) is 3.48. The Bertz CT molecular complexity index is 528. The van der Waals surface area contributed by atoms with Crippen molar-refractivity contribution in [1.29, 1.82) is 0 Å². The van der Waals surface area contributed by atoms with E-state index in [1.54, 1.807) is 0 Å². The summed E-state index contributed by atoms with van der Waals surface area (Å²) in [7, 11) is 4.22. The normalized spacial score (nSPS) is 12.6. The van der Waals surface area contributed by atoms with Gasteiger partial charge in [-0.1, -0.05) is 36.4 Å². The molecule has 0 radical (unpaired) electrons. The molecule has 1 aromatic heterocycles. The van der Waals surface area contributed by atoms with E-state index in [1.807, 2.05) is 18.2 Å². The molecule has 1 atom stereocenters. The van der Waals surface area contributed by atoms with Gasteiger partial charge in [-0.05, 0) is 47.7 Å². The number of likely N-dealkylation sites (N-methyl/N-ethyl adjacent to an activating group) is 1. The van der Waals surface area contributed by atoms with Gasteiger partial charge in [0.25, 0.3) is 0 Å². The Morgan fingerprint density at radius 3 is 2.50 bits per heavy atom. The first kappa shape index (κ1) is 15.2. The largest absolute Gasteiger partial charge is 0.309 e. The summed E-state index contributed by atoms with van der Waals surface area (Å²) in [6.07, 6.45) is 0. The van der Waals surface area contributed by atoms with Crippen molar-refractivity contribution in [2.75, 3.05) is 20.6 Å². The summed E-state index contributed by atoms with van der Waals surface area (Å²) in [4.78, 5) is 6.66. The second kappa shape index (κ2) is 7.53. The van der Waals surface area contributed by atoms with Crippen molar-refractivity contribution in [2.24, 2.45) is 0 Å². The van der Waals surface area contributed by atoms with Gasteiger partial charge in [-0.3, -0.25) is 0 Å². The van der Waals surface area contributed by atoms with Crippen LogP contribution in [0, 0.1) is 0 Å². The van der Waals surface area contributed by atoms with E-state index in [2.05, 4.69) is 75.6 Å². The van der Waals surface area contributed by atoms with Crippen LogP contribution >= 0.6 is 15.9 Å². The lowest BCUT2D eigenvalue weighted by Crippen LogP contribution is -2.31. The highest BCUT2D eigenvalue weighted by molar-refractivity contribution is 9.10. The summed E-state index contributed by atoms with van der Waals surface area (Å²) in [5.41, 5.74) is 2.37. The third-order valence-electron chi connectivity index (χ3n) is 3.22. The van der Waals surface area contributed by atoms with Crippen molar-refractivity contribution >= 4 is 15.9 Å². The molecule has 0 bridgehead atoms. The summed E-state index contributed by atoms with van der Waals surface area (Å²) in [5.74, 6) is 0. The van der Waals surface area contributed by atoms with Gasteiger partial charge in [-0.2, -0.15) is 0 Å². The molecule has 0 aliphatic carbocycles.